The molecule has 0 fully saturated rings. The lowest BCUT2D eigenvalue weighted by molar-refractivity contribution is -0.696. The molecule has 3 heterocycles. The Morgan fingerprint density at radius 2 is 2.41 bits per heavy atom. The van der Waals surface area contributed by atoms with Crippen LogP contribution in [0.2, 0.25) is 0 Å². The molecule has 2 N–H and O–H groups in total. The molecule has 22 heavy (non-hydrogen) atoms. The molecule has 0 amide bonds. The van der Waals surface area contributed by atoms with E-state index in [4.69, 9.17) is 17.0 Å². The number of anilines is 1. The number of aromatic nitrogens is 5. The number of hydrogen-bond donors (Lipinski definition) is 2. The number of H-pyrrole nitrogens is 1. The van der Waals surface area contributed by atoms with Crippen molar-refractivity contribution in [1.82, 2.24) is 19.5 Å². The first-order valence-electron chi connectivity index (χ1n) is 6.98. The van der Waals surface area contributed by atoms with Gasteiger partial charge in [-0.15, -0.1) is 0 Å². The quantitative estimate of drug-likeness (QED) is 0.566. The number of methoxy groups -OCH3 is 1. The van der Waals surface area contributed by atoms with E-state index in [1.807, 2.05) is 29.4 Å². The average Bonchev–Trinajstić information content (AvgIpc) is 3.13. The predicted octanol–water partition coefficient (Wildman–Crippen LogP) is 1.71. The number of hydrogen-bond acceptors (Lipinski definition) is 4. The van der Waals surface area contributed by atoms with Gasteiger partial charge in [-0.1, -0.05) is 6.92 Å². The van der Waals surface area contributed by atoms with E-state index in [1.165, 1.54) is 0 Å². The monoisotopic (exact) mass is 317 g/mol. The maximum absolute atomic E-state index is 5.40. The molecule has 0 saturated carbocycles. The van der Waals surface area contributed by atoms with Crippen molar-refractivity contribution >= 4 is 34.3 Å². The summed E-state index contributed by atoms with van der Waals surface area (Å²) >= 11 is 5.40. The highest BCUT2D eigenvalue weighted by Crippen LogP contribution is 2.21. The van der Waals surface area contributed by atoms with E-state index in [0.717, 1.165) is 18.5 Å². The first-order valence-corrected chi connectivity index (χ1v) is 7.39. The van der Waals surface area contributed by atoms with E-state index in [0.29, 0.717) is 22.5 Å². The van der Waals surface area contributed by atoms with Crippen molar-refractivity contribution in [1.29, 1.82) is 0 Å². The van der Waals surface area contributed by atoms with Crippen LogP contribution in [-0.2, 0) is 6.54 Å². The molecule has 3 aromatic rings. The van der Waals surface area contributed by atoms with Gasteiger partial charge in [-0.3, -0.25) is 5.32 Å². The summed E-state index contributed by atoms with van der Waals surface area (Å²) in [5, 5.41) is 3.63. The molecule has 0 bridgehead atoms. The van der Waals surface area contributed by atoms with Gasteiger partial charge in [0.1, 0.15) is 12.4 Å². The predicted molar refractivity (Wildman–Crippen MR) is 87.0 cm³/mol. The Hall–Kier alpha value is -2.48. The first kappa shape index (κ1) is 14.5. The molecule has 0 aliphatic heterocycles. The second-order valence-electron chi connectivity index (χ2n) is 4.79. The van der Waals surface area contributed by atoms with Gasteiger partial charge in [0.2, 0.25) is 11.8 Å². The minimum atomic E-state index is 0.481. The minimum absolute atomic E-state index is 0.481. The topological polar surface area (TPSA) is 71.6 Å². The minimum Gasteiger partial charge on any atom is -0.479 e. The van der Waals surface area contributed by atoms with E-state index >= 15 is 0 Å². The average molecular weight is 317 g/mol. The second-order valence-corrected chi connectivity index (χ2v) is 5.18. The van der Waals surface area contributed by atoms with Crippen LogP contribution in [0.15, 0.2) is 31.0 Å². The van der Waals surface area contributed by atoms with Crippen molar-refractivity contribution in [3.8, 4) is 5.88 Å². The van der Waals surface area contributed by atoms with Gasteiger partial charge in [0.05, 0.1) is 19.2 Å². The number of imidazole rings is 2. The summed E-state index contributed by atoms with van der Waals surface area (Å²) in [5.74, 6) is 1.04. The van der Waals surface area contributed by atoms with Crippen molar-refractivity contribution in [3.05, 3.63) is 31.0 Å². The molecule has 0 unspecified atom stereocenters. The maximum Gasteiger partial charge on any atom is 0.274 e. The fraction of sp³-hybridized carbons (Fsp3) is 0.286. The lowest BCUT2D eigenvalue weighted by atomic mass is 10.4. The number of thiocarbonyl (C=S) groups is 1. The number of aromatic amines is 1. The van der Waals surface area contributed by atoms with Gasteiger partial charge in [0.25, 0.3) is 11.4 Å². The number of ether oxygens (including phenoxy) is 1. The van der Waals surface area contributed by atoms with Crippen molar-refractivity contribution < 1.29 is 9.30 Å². The molecule has 3 rings (SSSR count). The molecule has 0 aliphatic carbocycles. The van der Waals surface area contributed by atoms with E-state index in [1.54, 1.807) is 13.3 Å². The molecule has 7 nitrogen and oxygen atoms in total. The number of pyridine rings is 1. The third kappa shape index (κ3) is 2.77. The summed E-state index contributed by atoms with van der Waals surface area (Å²) in [5.41, 5.74) is 1.51. The van der Waals surface area contributed by atoms with Crippen LogP contribution in [0.25, 0.3) is 11.0 Å². The van der Waals surface area contributed by atoms with E-state index < -0.39 is 0 Å². The highest BCUT2D eigenvalue weighted by Gasteiger charge is 2.13. The summed E-state index contributed by atoms with van der Waals surface area (Å²) in [6.07, 6.45) is 8.59. The Morgan fingerprint density at radius 1 is 1.55 bits per heavy atom. The normalized spacial score (nSPS) is 10.8. The summed E-state index contributed by atoms with van der Waals surface area (Å²) < 4.78 is 9.12. The Kier molecular flexibility index (Phi) is 4.01. The molecule has 0 atom stereocenters. The summed E-state index contributed by atoms with van der Waals surface area (Å²) in [6, 6.07) is 1.84. The van der Waals surface area contributed by atoms with Gasteiger partial charge in [0.15, 0.2) is 5.52 Å². The highest BCUT2D eigenvalue weighted by atomic mass is 32.1. The largest absolute Gasteiger partial charge is 0.479 e. The molecular weight excluding hydrogens is 300 g/mol. The van der Waals surface area contributed by atoms with Crippen LogP contribution in [0.3, 0.4) is 0 Å². The molecule has 114 valence electrons. The molecule has 0 saturated heterocycles. The molecular formula is C14H17N6OS+. The van der Waals surface area contributed by atoms with Crippen LogP contribution in [0.5, 0.6) is 5.88 Å². The van der Waals surface area contributed by atoms with Crippen LogP contribution in [-0.4, -0.2) is 31.7 Å². The molecule has 0 aliphatic rings. The Morgan fingerprint density at radius 3 is 3.18 bits per heavy atom. The standard InChI is InChI=1S/C14H16N6OS/c1-3-6-19-7-8-20(9-19)14(22)18-13-16-10-4-5-15-12(21-2)11(10)17-13/h4-5,7-9H,3,6H2,1-2H3,(H-,15,16,17,18,22)/p+1. The van der Waals surface area contributed by atoms with E-state index in [9.17, 15) is 0 Å². The number of nitrogens with zero attached hydrogens (tertiary/aromatic N) is 4. The van der Waals surface area contributed by atoms with Crippen LogP contribution in [0.1, 0.15) is 13.3 Å². The number of fused-ring (bicyclic) bond motifs is 1. The fourth-order valence-electron chi connectivity index (χ4n) is 2.19. The highest BCUT2D eigenvalue weighted by molar-refractivity contribution is 7.80. The Bertz CT molecular complexity index is 809. The third-order valence-electron chi connectivity index (χ3n) is 3.19. The van der Waals surface area contributed by atoms with Gasteiger partial charge in [-0.2, -0.15) is 4.57 Å². The lowest BCUT2D eigenvalue weighted by Crippen LogP contribution is -2.31. The van der Waals surface area contributed by atoms with Gasteiger partial charge in [-0.25, -0.2) is 14.5 Å². The van der Waals surface area contributed by atoms with Gasteiger partial charge >= 0.3 is 0 Å². The first-order chi connectivity index (χ1) is 10.7. The van der Waals surface area contributed by atoms with Gasteiger partial charge in [-0.05, 0) is 24.7 Å². The summed E-state index contributed by atoms with van der Waals surface area (Å²) in [6.45, 7) is 3.10. The van der Waals surface area contributed by atoms with Gasteiger partial charge in [0, 0.05) is 6.20 Å². The molecule has 3 aromatic heterocycles. The van der Waals surface area contributed by atoms with E-state index in [-0.39, 0.29) is 0 Å². The van der Waals surface area contributed by atoms with Crippen molar-refractivity contribution in [2.45, 2.75) is 19.9 Å². The smallest absolute Gasteiger partial charge is 0.274 e. The molecule has 0 spiro atoms. The zero-order valence-corrected chi connectivity index (χ0v) is 13.2. The SMILES string of the molecule is CCC[n+]1ccn(C(=S)Nc2nc3c(OC)nccc3[nH]2)c1. The number of nitrogens with one attached hydrogen (secondary N) is 2. The van der Waals surface area contributed by atoms with Gasteiger partial charge < -0.3 is 9.72 Å². The van der Waals surface area contributed by atoms with Crippen LogP contribution < -0.4 is 14.6 Å². The van der Waals surface area contributed by atoms with E-state index in [2.05, 4.69) is 31.8 Å². The third-order valence-corrected chi connectivity index (χ3v) is 3.51. The van der Waals surface area contributed by atoms with Crippen molar-refractivity contribution in [2.24, 2.45) is 0 Å². The van der Waals surface area contributed by atoms with Crippen LogP contribution in [0, 0.1) is 0 Å². The molecule has 8 heteroatoms. The van der Waals surface area contributed by atoms with Crippen LogP contribution >= 0.6 is 12.2 Å². The summed E-state index contributed by atoms with van der Waals surface area (Å²) in [7, 11) is 1.57. The zero-order valence-electron chi connectivity index (χ0n) is 12.4. The summed E-state index contributed by atoms with van der Waals surface area (Å²) in [4.78, 5) is 11.7. The number of rotatable bonds is 4. The lowest BCUT2D eigenvalue weighted by Gasteiger charge is -1.99. The van der Waals surface area contributed by atoms with Crippen molar-refractivity contribution in [3.63, 3.8) is 0 Å². The maximum atomic E-state index is 5.40. The Labute approximate surface area is 133 Å². The molecule has 0 radical (unpaired) electrons. The second kappa shape index (κ2) is 6.10. The van der Waals surface area contributed by atoms with Crippen molar-refractivity contribution in [2.75, 3.05) is 12.4 Å². The fourth-order valence-corrected chi connectivity index (χ4v) is 2.39. The molecule has 0 aromatic carbocycles. The van der Waals surface area contributed by atoms with Crippen LogP contribution in [0.4, 0.5) is 5.95 Å². The number of aryl methyl sites for hydroxylation is 1. The Balaban J connectivity index is 1.81. The zero-order chi connectivity index (χ0) is 15.5.